The SMILES string of the molecule is CC[C@H](C)[C@H](NC(=O)C1CCCCN1C)C(=O)N(C)[C@H](C[C@@H](OC(C)=O)c1nc(C(=O)N(C)[C@@H](CSc2ccccc2)C(=O)N[C@H](CCCCN)C(=O)N[C@@H](Cc2ccccc2)C(=O)N2CCN(C(=O)CCC(C)(C)S)CC2)cs1)C(C)C. The van der Waals surface area contributed by atoms with Crippen LogP contribution in [0.2, 0.25) is 0 Å². The molecule has 2 fully saturated rings. The van der Waals surface area contributed by atoms with Gasteiger partial charge in [-0.25, -0.2) is 4.98 Å². The number of thiazole rings is 1. The van der Waals surface area contributed by atoms with Gasteiger partial charge in [0.2, 0.25) is 35.4 Å². The van der Waals surface area contributed by atoms with Gasteiger partial charge in [-0.15, -0.1) is 23.1 Å². The maximum atomic E-state index is 14.9. The van der Waals surface area contributed by atoms with Gasteiger partial charge in [0, 0.05) is 93.3 Å². The molecule has 2 aliphatic rings. The average Bonchev–Trinajstić information content (AvgIpc) is 4.18. The number of piperazine rings is 1. The van der Waals surface area contributed by atoms with Gasteiger partial charge in [-0.05, 0) is 88.2 Å². The number of aromatic nitrogens is 1. The minimum atomic E-state index is -1.14. The first kappa shape index (κ1) is 68.2. The molecule has 1 aromatic heterocycles. The molecule has 3 aromatic rings. The first-order valence-corrected chi connectivity index (χ1v) is 31.7. The monoisotopic (exact) mass is 1200 g/mol. The minimum Gasteiger partial charge on any atom is -0.455 e. The zero-order valence-electron chi connectivity index (χ0n) is 50.5. The van der Waals surface area contributed by atoms with E-state index in [0.717, 1.165) is 41.2 Å². The van der Waals surface area contributed by atoms with Crippen LogP contribution in [-0.2, 0) is 44.7 Å². The number of hydrogen-bond acceptors (Lipinski definition) is 15. The van der Waals surface area contributed by atoms with Gasteiger partial charge in [-0.2, -0.15) is 12.6 Å². The molecule has 0 radical (unpaired) electrons. The Kier molecular flexibility index (Phi) is 27.3. The number of nitrogens with two attached hydrogens (primary N) is 1. The van der Waals surface area contributed by atoms with Gasteiger partial charge in [0.25, 0.3) is 5.91 Å². The molecule has 22 heteroatoms. The summed E-state index contributed by atoms with van der Waals surface area (Å²) < 4.78 is 5.63. The van der Waals surface area contributed by atoms with Crippen molar-refractivity contribution in [2.75, 3.05) is 66.2 Å². The Morgan fingerprint density at radius 3 is 2.10 bits per heavy atom. The normalized spacial score (nSPS) is 17.5. The van der Waals surface area contributed by atoms with E-state index in [1.165, 1.54) is 30.6 Å². The Hall–Kier alpha value is -5.55. The number of ether oxygens (including phenoxy) is 1. The highest BCUT2D eigenvalue weighted by atomic mass is 32.2. The summed E-state index contributed by atoms with van der Waals surface area (Å²) in [7, 11) is 5.13. The third kappa shape index (κ3) is 20.9. The van der Waals surface area contributed by atoms with Crippen molar-refractivity contribution < 1.29 is 43.1 Å². The fraction of sp³-hybridized carbons (Fsp3) is 0.623. The quantitative estimate of drug-likeness (QED) is 0.0212. The third-order valence-electron chi connectivity index (χ3n) is 15.9. The molecule has 1 unspecified atom stereocenters. The number of esters is 1. The number of nitrogens with zero attached hydrogens (tertiary/aromatic N) is 6. The Balaban J connectivity index is 1.37. The van der Waals surface area contributed by atoms with Crippen LogP contribution in [-0.4, -0.2) is 184 Å². The van der Waals surface area contributed by atoms with E-state index in [4.69, 9.17) is 15.5 Å². The van der Waals surface area contributed by atoms with Gasteiger partial charge in [0.15, 0.2) is 6.10 Å². The summed E-state index contributed by atoms with van der Waals surface area (Å²) in [5.74, 6) is -3.32. The smallest absolute Gasteiger partial charge is 0.303 e. The lowest BCUT2D eigenvalue weighted by molar-refractivity contribution is -0.149. The number of thiol groups is 1. The number of amides is 7. The zero-order chi connectivity index (χ0) is 61.0. The van der Waals surface area contributed by atoms with Crippen LogP contribution in [0, 0.1) is 11.8 Å². The summed E-state index contributed by atoms with van der Waals surface area (Å²) in [6, 6.07) is 13.9. The minimum absolute atomic E-state index is 0.00349. The van der Waals surface area contributed by atoms with Gasteiger partial charge >= 0.3 is 5.97 Å². The molecule has 0 saturated carbocycles. The molecule has 2 saturated heterocycles. The Labute approximate surface area is 506 Å². The molecule has 3 heterocycles. The van der Waals surface area contributed by atoms with Gasteiger partial charge < -0.3 is 46.0 Å². The second-order valence-corrected chi connectivity index (χ2v) is 26.4. The van der Waals surface area contributed by atoms with Gasteiger partial charge in [0.05, 0.1) is 6.04 Å². The van der Waals surface area contributed by atoms with E-state index in [1.54, 1.807) is 27.1 Å². The predicted molar refractivity (Wildman–Crippen MR) is 330 cm³/mol. The lowest BCUT2D eigenvalue weighted by atomic mass is 9.92. The molecule has 0 spiro atoms. The Morgan fingerprint density at radius 2 is 1.49 bits per heavy atom. The summed E-state index contributed by atoms with van der Waals surface area (Å²) in [6.07, 6.45) is 4.85. The molecule has 19 nitrogen and oxygen atoms in total. The van der Waals surface area contributed by atoms with E-state index in [2.05, 4.69) is 28.6 Å². The molecule has 7 amide bonds. The van der Waals surface area contributed by atoms with Crippen molar-refractivity contribution in [1.82, 2.24) is 45.4 Å². The van der Waals surface area contributed by atoms with Crippen molar-refractivity contribution in [2.24, 2.45) is 17.6 Å². The number of likely N-dealkylation sites (N-methyl/N-ethyl adjacent to an activating group) is 3. The van der Waals surface area contributed by atoms with Gasteiger partial charge in [-0.3, -0.25) is 43.3 Å². The fourth-order valence-corrected chi connectivity index (χ4v) is 12.5. The number of thioether (sulfide) groups is 1. The van der Waals surface area contributed by atoms with Crippen LogP contribution >= 0.6 is 35.7 Å². The van der Waals surface area contributed by atoms with Crippen molar-refractivity contribution >= 4 is 83.0 Å². The fourth-order valence-electron chi connectivity index (χ4n) is 10.4. The lowest BCUT2D eigenvalue weighted by Gasteiger charge is -2.38. The number of piperidine rings is 1. The molecule has 2 aromatic carbocycles. The number of carbonyl (C=O) groups is 8. The van der Waals surface area contributed by atoms with Crippen molar-refractivity contribution in [2.45, 2.75) is 171 Å². The van der Waals surface area contributed by atoms with Crippen molar-refractivity contribution in [3.63, 3.8) is 0 Å². The maximum Gasteiger partial charge on any atom is 0.303 e. The van der Waals surface area contributed by atoms with E-state index in [9.17, 15) is 38.4 Å². The van der Waals surface area contributed by atoms with E-state index in [-0.39, 0.29) is 90.1 Å². The summed E-state index contributed by atoms with van der Waals surface area (Å²) in [5.41, 5.74) is 6.73. The van der Waals surface area contributed by atoms with Crippen molar-refractivity contribution in [1.29, 1.82) is 0 Å². The molecule has 5 N–H and O–H groups in total. The predicted octanol–water partition coefficient (Wildman–Crippen LogP) is 6.37. The van der Waals surface area contributed by atoms with Crippen LogP contribution < -0.4 is 21.7 Å². The molecule has 0 aliphatic carbocycles. The second-order valence-electron chi connectivity index (χ2n) is 23.2. The van der Waals surface area contributed by atoms with E-state index >= 15 is 0 Å². The molecule has 0 bridgehead atoms. The number of benzene rings is 2. The zero-order valence-corrected chi connectivity index (χ0v) is 53.0. The molecular formula is C61H92N10O9S3. The van der Waals surface area contributed by atoms with Crippen LogP contribution in [0.5, 0.6) is 0 Å². The molecule has 83 heavy (non-hydrogen) atoms. The number of rotatable bonds is 30. The number of likely N-dealkylation sites (tertiary alicyclic amines) is 1. The molecule has 8 atom stereocenters. The summed E-state index contributed by atoms with van der Waals surface area (Å²) in [4.78, 5) is 127. The topological polar surface area (TPSA) is 237 Å². The highest BCUT2D eigenvalue weighted by Crippen LogP contribution is 2.32. The van der Waals surface area contributed by atoms with E-state index < -0.39 is 60.0 Å². The Morgan fingerprint density at radius 1 is 0.855 bits per heavy atom. The Bertz CT molecular complexity index is 2600. The number of nitrogens with one attached hydrogen (secondary N) is 3. The number of carbonyl (C=O) groups excluding carboxylic acids is 8. The van der Waals surface area contributed by atoms with Crippen LogP contribution in [0.25, 0.3) is 0 Å². The largest absolute Gasteiger partial charge is 0.455 e. The summed E-state index contributed by atoms with van der Waals surface area (Å²) >= 11 is 7.04. The van der Waals surface area contributed by atoms with Gasteiger partial charge in [-0.1, -0.05) is 103 Å². The van der Waals surface area contributed by atoms with Crippen molar-refractivity contribution in [3.8, 4) is 0 Å². The molecular weight excluding hydrogens is 1110 g/mol. The molecule has 2 aliphatic heterocycles. The number of unbranched alkanes of at least 4 members (excludes halogenated alkanes) is 1. The number of hydrogen-bond donors (Lipinski definition) is 5. The first-order valence-electron chi connectivity index (χ1n) is 29.4. The van der Waals surface area contributed by atoms with Gasteiger partial charge in [0.1, 0.15) is 34.9 Å². The van der Waals surface area contributed by atoms with Crippen LogP contribution in [0.4, 0.5) is 0 Å². The van der Waals surface area contributed by atoms with Crippen LogP contribution in [0.3, 0.4) is 0 Å². The van der Waals surface area contributed by atoms with Crippen molar-refractivity contribution in [3.05, 3.63) is 82.3 Å². The molecule has 458 valence electrons. The van der Waals surface area contributed by atoms with Crippen LogP contribution in [0.1, 0.15) is 140 Å². The average molecular weight is 1210 g/mol. The lowest BCUT2D eigenvalue weighted by Crippen LogP contribution is -2.59. The molecule has 5 rings (SSSR count). The second kappa shape index (κ2) is 33.2. The standard InChI is InChI=1S/C61H92N10O9S3/c1-11-41(4)53(66-55(75)48-27-19-21-31-67(48)8)60(79)68(9)49(40(2)3)37-51(80-42(5)72)57-65-47(38-83-57)58(77)69(10)50(39-82-44-24-16-13-17-25-44)56(76)63-45(26-18-20-30-62)54(74)64-46(36-43-22-14-12-15-23-43)59(78)71-34-32-70(33-35-71)52(73)28-29-61(6,7)81/h12-17,22-25,38,40-41,45-46,48-51,53,81H,11,18-21,26-37,39,62H2,1-10H3,(H,63,76)(H,64,74)(H,66,75)/t41-,45+,46-,48?,49+,50-,51+,53-/m0/s1. The van der Waals surface area contributed by atoms with E-state index in [1.807, 2.05) is 114 Å². The third-order valence-corrected chi connectivity index (χ3v) is 18.1. The highest BCUT2D eigenvalue weighted by Gasteiger charge is 2.39. The van der Waals surface area contributed by atoms with Crippen LogP contribution in [0.15, 0.2) is 70.9 Å². The summed E-state index contributed by atoms with van der Waals surface area (Å²) in [5, 5.41) is 10.9. The first-order chi connectivity index (χ1) is 39.4. The summed E-state index contributed by atoms with van der Waals surface area (Å²) in [6.45, 7) is 15.5. The maximum absolute atomic E-state index is 14.9. The highest BCUT2D eigenvalue weighted by molar-refractivity contribution is 7.99. The van der Waals surface area contributed by atoms with E-state index in [0.29, 0.717) is 63.2 Å².